The van der Waals surface area contributed by atoms with Crippen LogP contribution in [0.15, 0.2) is 24.3 Å². The van der Waals surface area contributed by atoms with Crippen molar-refractivity contribution < 1.29 is 0 Å². The molecule has 0 spiro atoms. The summed E-state index contributed by atoms with van der Waals surface area (Å²) in [5, 5.41) is 0. The Morgan fingerprint density at radius 1 is 1.20 bits per heavy atom. The average Bonchev–Trinajstić information content (AvgIpc) is 2.48. The van der Waals surface area contributed by atoms with Gasteiger partial charge in [0.15, 0.2) is 0 Å². The number of hydrazine groups is 1. The number of benzene rings is 1. The number of piperazine rings is 1. The highest BCUT2D eigenvalue weighted by Crippen LogP contribution is 2.15. The highest BCUT2D eigenvalue weighted by atomic mass is 15.3. The van der Waals surface area contributed by atoms with Crippen molar-refractivity contribution >= 4 is 0 Å². The summed E-state index contributed by atoms with van der Waals surface area (Å²) in [6.45, 7) is 5.49. The molecular formula is C16H28N4. The normalized spacial score (nSPS) is 22.9. The van der Waals surface area contributed by atoms with Gasteiger partial charge in [0.05, 0.1) is 0 Å². The minimum Gasteiger partial charge on any atom is -0.303 e. The Bertz CT molecular complexity index is 403. The van der Waals surface area contributed by atoms with E-state index < -0.39 is 0 Å². The Morgan fingerprint density at radius 2 is 1.85 bits per heavy atom. The van der Waals surface area contributed by atoms with Crippen LogP contribution in [0.2, 0.25) is 0 Å². The molecule has 2 rings (SSSR count). The van der Waals surface area contributed by atoms with Crippen molar-refractivity contribution in [2.75, 3.05) is 33.7 Å². The van der Waals surface area contributed by atoms with Gasteiger partial charge in [-0.2, -0.15) is 0 Å². The van der Waals surface area contributed by atoms with Crippen molar-refractivity contribution in [2.45, 2.75) is 31.8 Å². The molecule has 112 valence electrons. The fourth-order valence-corrected chi connectivity index (χ4v) is 2.95. The number of hydrogen-bond donors (Lipinski definition) is 2. The molecule has 0 amide bonds. The third-order valence-corrected chi connectivity index (χ3v) is 4.46. The molecule has 0 radical (unpaired) electrons. The Hall–Kier alpha value is -0.940. The number of likely N-dealkylation sites (N-methyl/N-ethyl adjacent to an activating group) is 2. The maximum Gasteiger partial charge on any atom is 0.0418 e. The Kier molecular flexibility index (Phi) is 5.54. The number of rotatable bonds is 5. The molecule has 1 aliphatic heterocycles. The zero-order valence-electron chi connectivity index (χ0n) is 13.0. The van der Waals surface area contributed by atoms with Crippen LogP contribution in [-0.4, -0.2) is 55.6 Å². The summed E-state index contributed by atoms with van der Waals surface area (Å²) in [5.74, 6) is 5.82. The van der Waals surface area contributed by atoms with E-state index in [0.29, 0.717) is 6.04 Å². The van der Waals surface area contributed by atoms with Crippen LogP contribution in [0.25, 0.3) is 0 Å². The van der Waals surface area contributed by atoms with Gasteiger partial charge < -0.3 is 4.90 Å². The Labute approximate surface area is 122 Å². The summed E-state index contributed by atoms with van der Waals surface area (Å²) in [7, 11) is 4.38. The van der Waals surface area contributed by atoms with Gasteiger partial charge in [-0.1, -0.05) is 31.2 Å². The predicted molar refractivity (Wildman–Crippen MR) is 84.6 cm³/mol. The maximum absolute atomic E-state index is 5.82. The lowest BCUT2D eigenvalue weighted by Gasteiger charge is -2.41. The van der Waals surface area contributed by atoms with Crippen LogP contribution in [-0.2, 0) is 12.8 Å². The number of nitrogens with zero attached hydrogens (tertiary/aromatic N) is 2. The molecule has 2 unspecified atom stereocenters. The van der Waals surface area contributed by atoms with Crippen LogP contribution < -0.4 is 11.3 Å². The number of hydrogen-bond acceptors (Lipinski definition) is 4. The smallest absolute Gasteiger partial charge is 0.0418 e. The second kappa shape index (κ2) is 7.18. The van der Waals surface area contributed by atoms with Gasteiger partial charge in [-0.05, 0) is 38.1 Å². The second-order valence-electron chi connectivity index (χ2n) is 5.96. The minimum absolute atomic E-state index is 0.287. The average molecular weight is 276 g/mol. The van der Waals surface area contributed by atoms with E-state index in [1.807, 2.05) is 0 Å². The van der Waals surface area contributed by atoms with Gasteiger partial charge in [0.2, 0.25) is 0 Å². The highest BCUT2D eigenvalue weighted by Gasteiger charge is 2.29. The lowest BCUT2D eigenvalue weighted by atomic mass is 9.96. The molecule has 3 N–H and O–H groups in total. The first-order chi connectivity index (χ1) is 9.63. The molecule has 20 heavy (non-hydrogen) atoms. The van der Waals surface area contributed by atoms with Gasteiger partial charge in [-0.3, -0.25) is 16.2 Å². The third kappa shape index (κ3) is 3.79. The molecule has 1 fully saturated rings. The molecule has 1 aliphatic rings. The lowest BCUT2D eigenvalue weighted by molar-refractivity contribution is 0.0877. The van der Waals surface area contributed by atoms with Gasteiger partial charge in [0.1, 0.15) is 0 Å². The van der Waals surface area contributed by atoms with Gasteiger partial charge >= 0.3 is 0 Å². The van der Waals surface area contributed by atoms with E-state index in [2.05, 4.69) is 60.5 Å². The lowest BCUT2D eigenvalue weighted by Crippen LogP contribution is -2.60. The summed E-state index contributed by atoms with van der Waals surface area (Å²) >= 11 is 0. The van der Waals surface area contributed by atoms with Gasteiger partial charge in [0, 0.05) is 31.7 Å². The first kappa shape index (κ1) is 15.4. The third-order valence-electron chi connectivity index (χ3n) is 4.46. The van der Waals surface area contributed by atoms with Crippen molar-refractivity contribution in [3.63, 3.8) is 0 Å². The fourth-order valence-electron chi connectivity index (χ4n) is 2.95. The molecule has 0 bridgehead atoms. The van der Waals surface area contributed by atoms with Gasteiger partial charge in [0.25, 0.3) is 0 Å². The molecular weight excluding hydrogens is 248 g/mol. The van der Waals surface area contributed by atoms with E-state index in [1.54, 1.807) is 0 Å². The number of nitrogens with one attached hydrogen (secondary N) is 1. The Morgan fingerprint density at radius 3 is 2.45 bits per heavy atom. The summed E-state index contributed by atoms with van der Waals surface area (Å²) in [6.07, 6.45) is 2.07. The highest BCUT2D eigenvalue weighted by molar-refractivity contribution is 5.23. The molecule has 1 heterocycles. The van der Waals surface area contributed by atoms with Crippen molar-refractivity contribution in [3.8, 4) is 0 Å². The van der Waals surface area contributed by atoms with E-state index in [-0.39, 0.29) is 6.04 Å². The van der Waals surface area contributed by atoms with Gasteiger partial charge in [-0.25, -0.2) is 0 Å². The van der Waals surface area contributed by atoms with E-state index >= 15 is 0 Å². The monoisotopic (exact) mass is 276 g/mol. The molecule has 1 aromatic carbocycles. The van der Waals surface area contributed by atoms with Crippen LogP contribution in [0, 0.1) is 0 Å². The zero-order chi connectivity index (χ0) is 14.5. The summed E-state index contributed by atoms with van der Waals surface area (Å²) < 4.78 is 0. The summed E-state index contributed by atoms with van der Waals surface area (Å²) in [5.41, 5.74) is 5.77. The molecule has 2 atom stereocenters. The van der Waals surface area contributed by atoms with Crippen LogP contribution in [0.1, 0.15) is 18.1 Å². The van der Waals surface area contributed by atoms with E-state index in [1.165, 1.54) is 11.1 Å². The second-order valence-corrected chi connectivity index (χ2v) is 5.96. The number of nitrogens with two attached hydrogens (primary N) is 1. The molecule has 1 aromatic rings. The maximum atomic E-state index is 5.82. The SMILES string of the molecule is CCc1ccc(CC(NN)C2CN(C)CCN2C)cc1. The quantitative estimate of drug-likeness (QED) is 0.619. The fraction of sp³-hybridized carbons (Fsp3) is 0.625. The van der Waals surface area contributed by atoms with Crippen LogP contribution in [0.3, 0.4) is 0 Å². The largest absolute Gasteiger partial charge is 0.303 e. The Balaban J connectivity index is 2.03. The first-order valence-electron chi connectivity index (χ1n) is 7.56. The molecule has 0 aromatic heterocycles. The van der Waals surface area contributed by atoms with Crippen molar-refractivity contribution in [3.05, 3.63) is 35.4 Å². The summed E-state index contributed by atoms with van der Waals surface area (Å²) in [4.78, 5) is 4.81. The van der Waals surface area contributed by atoms with E-state index in [9.17, 15) is 0 Å². The molecule has 4 heteroatoms. The van der Waals surface area contributed by atoms with E-state index in [4.69, 9.17) is 5.84 Å². The van der Waals surface area contributed by atoms with Crippen LogP contribution in [0.5, 0.6) is 0 Å². The van der Waals surface area contributed by atoms with Crippen LogP contribution >= 0.6 is 0 Å². The van der Waals surface area contributed by atoms with Crippen molar-refractivity contribution in [2.24, 2.45) is 5.84 Å². The predicted octanol–water partition coefficient (Wildman–Crippen LogP) is 0.869. The molecule has 1 saturated heterocycles. The standard InChI is InChI=1S/C16H28N4/c1-4-13-5-7-14(8-6-13)11-15(18-17)16-12-19(2)9-10-20(16)3/h5-8,15-16,18H,4,9-12,17H2,1-3H3. The molecule has 0 aliphatic carbocycles. The van der Waals surface area contributed by atoms with Gasteiger partial charge in [-0.15, -0.1) is 0 Å². The molecule has 4 nitrogen and oxygen atoms in total. The summed E-state index contributed by atoms with van der Waals surface area (Å²) in [6, 6.07) is 9.66. The van der Waals surface area contributed by atoms with Crippen molar-refractivity contribution in [1.82, 2.24) is 15.2 Å². The van der Waals surface area contributed by atoms with E-state index in [0.717, 1.165) is 32.5 Å². The molecule has 0 saturated carbocycles. The minimum atomic E-state index is 0.287. The zero-order valence-corrected chi connectivity index (χ0v) is 13.0. The topological polar surface area (TPSA) is 44.5 Å². The first-order valence-corrected chi connectivity index (χ1v) is 7.56. The van der Waals surface area contributed by atoms with Crippen LogP contribution in [0.4, 0.5) is 0 Å². The van der Waals surface area contributed by atoms with Crippen molar-refractivity contribution in [1.29, 1.82) is 0 Å². The number of aryl methyl sites for hydroxylation is 1.